The maximum absolute atomic E-state index is 13.1. The van der Waals surface area contributed by atoms with Crippen molar-refractivity contribution in [2.45, 2.75) is 13.5 Å². The zero-order chi connectivity index (χ0) is 22.0. The lowest BCUT2D eigenvalue weighted by Gasteiger charge is -2.10. The molecule has 0 aliphatic heterocycles. The molecule has 0 bridgehead atoms. The number of rotatable bonds is 5. The average molecular weight is 433 g/mol. The van der Waals surface area contributed by atoms with Crippen LogP contribution in [0, 0.1) is 6.92 Å². The Hall–Kier alpha value is -3.78. The highest BCUT2D eigenvalue weighted by Gasteiger charge is 2.18. The molecule has 1 amide bonds. The molecule has 7 nitrogen and oxygen atoms in total. The zero-order valence-electron chi connectivity index (χ0n) is 16.9. The van der Waals surface area contributed by atoms with Gasteiger partial charge in [0.1, 0.15) is 11.4 Å². The van der Waals surface area contributed by atoms with Crippen molar-refractivity contribution in [1.29, 1.82) is 0 Å². The molecule has 2 heterocycles. The summed E-state index contributed by atoms with van der Waals surface area (Å²) in [6, 6.07) is 16.3. The normalized spacial score (nSPS) is 10.8. The van der Waals surface area contributed by atoms with E-state index in [2.05, 4.69) is 10.3 Å². The fraction of sp³-hybridized carbons (Fsp3) is 0.130. The van der Waals surface area contributed by atoms with E-state index >= 15 is 0 Å². The fourth-order valence-corrected chi connectivity index (χ4v) is 4.51. The van der Waals surface area contributed by atoms with Gasteiger partial charge in [-0.25, -0.2) is 9.78 Å². The first-order valence-corrected chi connectivity index (χ1v) is 10.3. The second-order valence-corrected chi connectivity index (χ2v) is 7.86. The number of anilines is 1. The van der Waals surface area contributed by atoms with Gasteiger partial charge in [0.15, 0.2) is 0 Å². The number of esters is 1. The summed E-state index contributed by atoms with van der Waals surface area (Å²) < 4.78 is 6.01. The standard InChI is InChI=1S/C23H19N3O4S/c1-14-19-21(31-20(14)15-8-4-3-5-9-15)24-13-26(22(19)28)12-18(27)25-17-11-7-6-10-16(17)23(29)30-2/h3-11,13H,12H2,1-2H3,(H,25,27). The monoisotopic (exact) mass is 433 g/mol. The Morgan fingerprint density at radius 3 is 2.55 bits per heavy atom. The molecule has 0 aliphatic carbocycles. The van der Waals surface area contributed by atoms with E-state index in [0.717, 1.165) is 16.0 Å². The summed E-state index contributed by atoms with van der Waals surface area (Å²) in [4.78, 5) is 43.6. The van der Waals surface area contributed by atoms with Gasteiger partial charge in [-0.15, -0.1) is 11.3 Å². The van der Waals surface area contributed by atoms with Crippen molar-refractivity contribution in [1.82, 2.24) is 9.55 Å². The summed E-state index contributed by atoms with van der Waals surface area (Å²) >= 11 is 1.45. The topological polar surface area (TPSA) is 90.3 Å². The number of aryl methyl sites for hydroxylation is 1. The molecule has 4 aromatic rings. The van der Waals surface area contributed by atoms with E-state index in [1.165, 1.54) is 29.3 Å². The number of amides is 1. The van der Waals surface area contributed by atoms with Gasteiger partial charge in [0.25, 0.3) is 5.56 Å². The molecule has 0 saturated heterocycles. The fourth-order valence-electron chi connectivity index (χ4n) is 3.36. The minimum Gasteiger partial charge on any atom is -0.465 e. The number of thiophene rings is 1. The van der Waals surface area contributed by atoms with Crippen LogP contribution in [0.2, 0.25) is 0 Å². The van der Waals surface area contributed by atoms with Crippen LogP contribution in [0.25, 0.3) is 20.7 Å². The number of hydrogen-bond donors (Lipinski definition) is 1. The molecule has 4 rings (SSSR count). The molecule has 156 valence electrons. The van der Waals surface area contributed by atoms with Gasteiger partial charge in [-0.3, -0.25) is 14.2 Å². The number of benzene rings is 2. The summed E-state index contributed by atoms with van der Waals surface area (Å²) in [6.45, 7) is 1.66. The van der Waals surface area contributed by atoms with Gasteiger partial charge >= 0.3 is 5.97 Å². The van der Waals surface area contributed by atoms with Crippen molar-refractivity contribution in [3.05, 3.63) is 82.4 Å². The number of nitrogens with one attached hydrogen (secondary N) is 1. The van der Waals surface area contributed by atoms with Gasteiger partial charge in [0, 0.05) is 4.88 Å². The van der Waals surface area contributed by atoms with E-state index in [1.807, 2.05) is 37.3 Å². The molecule has 0 unspecified atom stereocenters. The van der Waals surface area contributed by atoms with E-state index < -0.39 is 11.9 Å². The number of methoxy groups -OCH3 is 1. The van der Waals surface area contributed by atoms with Gasteiger partial charge in [-0.2, -0.15) is 0 Å². The summed E-state index contributed by atoms with van der Waals surface area (Å²) in [6.07, 6.45) is 1.38. The number of para-hydroxylation sites is 1. The molecule has 0 fully saturated rings. The minimum atomic E-state index is -0.557. The number of ether oxygens (including phenoxy) is 1. The second-order valence-electron chi connectivity index (χ2n) is 6.87. The van der Waals surface area contributed by atoms with Crippen molar-refractivity contribution < 1.29 is 14.3 Å². The summed E-state index contributed by atoms with van der Waals surface area (Å²) in [5, 5.41) is 3.18. The number of fused-ring (bicyclic) bond motifs is 1. The van der Waals surface area contributed by atoms with Crippen LogP contribution in [0.3, 0.4) is 0 Å². The molecule has 2 aromatic carbocycles. The summed E-state index contributed by atoms with van der Waals surface area (Å²) in [5.41, 5.74) is 2.14. The number of hydrogen-bond acceptors (Lipinski definition) is 6. The van der Waals surface area contributed by atoms with Crippen LogP contribution in [-0.2, 0) is 16.1 Å². The molecule has 31 heavy (non-hydrogen) atoms. The molecule has 0 saturated carbocycles. The van der Waals surface area contributed by atoms with Crippen LogP contribution in [0.15, 0.2) is 65.7 Å². The number of nitrogens with zero attached hydrogens (tertiary/aromatic N) is 2. The summed E-state index contributed by atoms with van der Waals surface area (Å²) in [7, 11) is 1.27. The van der Waals surface area contributed by atoms with Gasteiger partial charge in [-0.1, -0.05) is 42.5 Å². The van der Waals surface area contributed by atoms with Crippen LogP contribution in [0.4, 0.5) is 5.69 Å². The van der Waals surface area contributed by atoms with Crippen molar-refractivity contribution >= 4 is 39.1 Å². The lowest BCUT2D eigenvalue weighted by Crippen LogP contribution is -2.28. The predicted molar refractivity (Wildman–Crippen MR) is 120 cm³/mol. The lowest BCUT2D eigenvalue weighted by molar-refractivity contribution is -0.116. The third kappa shape index (κ3) is 3.97. The van der Waals surface area contributed by atoms with Crippen molar-refractivity contribution in [3.8, 4) is 10.4 Å². The third-order valence-corrected chi connectivity index (χ3v) is 6.12. The summed E-state index contributed by atoms with van der Waals surface area (Å²) in [5.74, 6) is -1.01. The number of aromatic nitrogens is 2. The van der Waals surface area contributed by atoms with Crippen LogP contribution < -0.4 is 10.9 Å². The maximum Gasteiger partial charge on any atom is 0.339 e. The second kappa shape index (κ2) is 8.53. The molecule has 0 atom stereocenters. The first-order valence-electron chi connectivity index (χ1n) is 9.50. The van der Waals surface area contributed by atoms with Crippen molar-refractivity contribution in [2.75, 3.05) is 12.4 Å². The maximum atomic E-state index is 13.1. The van der Waals surface area contributed by atoms with E-state index in [1.54, 1.807) is 24.3 Å². The Morgan fingerprint density at radius 2 is 1.81 bits per heavy atom. The van der Waals surface area contributed by atoms with E-state index in [9.17, 15) is 14.4 Å². The predicted octanol–water partition coefficient (Wildman–Crippen LogP) is 3.86. The molecular formula is C23H19N3O4S. The Labute approximate surface area is 181 Å². The highest BCUT2D eigenvalue weighted by molar-refractivity contribution is 7.22. The van der Waals surface area contributed by atoms with Crippen LogP contribution in [-0.4, -0.2) is 28.5 Å². The Bertz CT molecular complexity index is 1340. The highest BCUT2D eigenvalue weighted by atomic mass is 32.1. The van der Waals surface area contributed by atoms with Gasteiger partial charge < -0.3 is 10.1 Å². The van der Waals surface area contributed by atoms with Gasteiger partial charge in [0.2, 0.25) is 5.91 Å². The Balaban J connectivity index is 1.63. The van der Waals surface area contributed by atoms with Crippen LogP contribution in [0.1, 0.15) is 15.9 Å². The van der Waals surface area contributed by atoms with Crippen LogP contribution in [0.5, 0.6) is 0 Å². The Morgan fingerprint density at radius 1 is 1.10 bits per heavy atom. The Kier molecular flexibility index (Phi) is 5.64. The molecular weight excluding hydrogens is 414 g/mol. The van der Waals surface area contributed by atoms with E-state index in [0.29, 0.717) is 15.9 Å². The van der Waals surface area contributed by atoms with Crippen molar-refractivity contribution in [3.63, 3.8) is 0 Å². The van der Waals surface area contributed by atoms with Gasteiger partial charge in [0.05, 0.1) is 30.1 Å². The van der Waals surface area contributed by atoms with Crippen LogP contribution >= 0.6 is 11.3 Å². The SMILES string of the molecule is COC(=O)c1ccccc1NC(=O)Cn1cnc2sc(-c3ccccc3)c(C)c2c1=O. The van der Waals surface area contributed by atoms with Gasteiger partial charge in [-0.05, 0) is 30.2 Å². The highest BCUT2D eigenvalue weighted by Crippen LogP contribution is 2.35. The quantitative estimate of drug-likeness (QED) is 0.483. The third-order valence-electron chi connectivity index (χ3n) is 4.87. The molecule has 0 aliphatic rings. The molecule has 0 spiro atoms. The largest absolute Gasteiger partial charge is 0.465 e. The molecule has 1 N–H and O–H groups in total. The van der Waals surface area contributed by atoms with Crippen molar-refractivity contribution in [2.24, 2.45) is 0 Å². The molecule has 0 radical (unpaired) electrons. The van der Waals surface area contributed by atoms with E-state index in [4.69, 9.17) is 4.74 Å². The lowest BCUT2D eigenvalue weighted by atomic mass is 10.1. The minimum absolute atomic E-state index is 0.229. The zero-order valence-corrected chi connectivity index (χ0v) is 17.7. The smallest absolute Gasteiger partial charge is 0.339 e. The first kappa shape index (κ1) is 20.5. The first-order chi connectivity index (χ1) is 15.0. The number of carbonyl (C=O) groups is 2. The average Bonchev–Trinajstić information content (AvgIpc) is 3.13. The molecule has 2 aromatic heterocycles. The van der Waals surface area contributed by atoms with E-state index in [-0.39, 0.29) is 17.7 Å². The molecule has 8 heteroatoms. The number of carbonyl (C=O) groups excluding carboxylic acids is 2.